The third-order valence-corrected chi connectivity index (χ3v) is 4.03. The molecule has 0 fully saturated rings. The van der Waals surface area contributed by atoms with Crippen LogP contribution < -0.4 is 14.8 Å². The molecule has 0 bridgehead atoms. The van der Waals surface area contributed by atoms with E-state index in [1.165, 1.54) is 0 Å². The number of benzene rings is 2. The summed E-state index contributed by atoms with van der Waals surface area (Å²) < 4.78 is 12.1. The third-order valence-electron chi connectivity index (χ3n) is 4.03. The molecular formula is C19H20N4O3. The maximum atomic E-state index is 12.6. The van der Waals surface area contributed by atoms with Gasteiger partial charge < -0.3 is 14.8 Å². The highest BCUT2D eigenvalue weighted by atomic mass is 16.5. The molecule has 0 saturated carbocycles. The van der Waals surface area contributed by atoms with Crippen LogP contribution in [0.25, 0.3) is 5.69 Å². The van der Waals surface area contributed by atoms with Crippen LogP contribution in [0, 0.1) is 13.8 Å². The zero-order valence-corrected chi connectivity index (χ0v) is 15.1. The lowest BCUT2D eigenvalue weighted by molar-refractivity contribution is 0.102. The van der Waals surface area contributed by atoms with E-state index in [4.69, 9.17) is 9.47 Å². The van der Waals surface area contributed by atoms with Crippen molar-refractivity contribution in [2.45, 2.75) is 13.8 Å². The van der Waals surface area contributed by atoms with Gasteiger partial charge in [-0.15, -0.1) is 5.10 Å². The van der Waals surface area contributed by atoms with Crippen molar-refractivity contribution in [1.82, 2.24) is 15.0 Å². The summed E-state index contributed by atoms with van der Waals surface area (Å²) in [6.45, 7) is 3.82. The minimum Gasteiger partial charge on any atom is -0.493 e. The van der Waals surface area contributed by atoms with Gasteiger partial charge in [-0.3, -0.25) is 4.79 Å². The second kappa shape index (κ2) is 7.26. The Morgan fingerprint density at radius 3 is 2.35 bits per heavy atom. The van der Waals surface area contributed by atoms with Crippen molar-refractivity contribution < 1.29 is 14.3 Å². The van der Waals surface area contributed by atoms with Gasteiger partial charge in [0.2, 0.25) is 0 Å². The molecule has 1 N–H and O–H groups in total. The first-order valence-electron chi connectivity index (χ1n) is 8.06. The summed E-state index contributed by atoms with van der Waals surface area (Å²) >= 11 is 0. The van der Waals surface area contributed by atoms with E-state index in [0.29, 0.717) is 22.9 Å². The van der Waals surface area contributed by atoms with Crippen LogP contribution in [0.2, 0.25) is 0 Å². The zero-order chi connectivity index (χ0) is 18.7. The van der Waals surface area contributed by atoms with Crippen molar-refractivity contribution >= 4 is 11.6 Å². The van der Waals surface area contributed by atoms with Gasteiger partial charge in [-0.05, 0) is 38.1 Å². The SMILES string of the molecule is COc1ccc(NC(=O)c2nnn(-c3ccc(C)cc3)c2C)cc1OC. The van der Waals surface area contributed by atoms with Crippen LogP contribution in [0.3, 0.4) is 0 Å². The van der Waals surface area contributed by atoms with E-state index in [1.807, 2.05) is 38.1 Å². The largest absolute Gasteiger partial charge is 0.493 e. The number of ether oxygens (including phenoxy) is 2. The Hall–Kier alpha value is -3.35. The Bertz CT molecular complexity index is 932. The molecule has 3 rings (SSSR count). The quantitative estimate of drug-likeness (QED) is 0.763. The number of amides is 1. The van der Waals surface area contributed by atoms with Crippen LogP contribution in [0.15, 0.2) is 42.5 Å². The lowest BCUT2D eigenvalue weighted by atomic mass is 10.2. The van der Waals surface area contributed by atoms with E-state index in [1.54, 1.807) is 37.1 Å². The fourth-order valence-corrected chi connectivity index (χ4v) is 2.57. The third kappa shape index (κ3) is 3.37. The first-order chi connectivity index (χ1) is 12.5. The van der Waals surface area contributed by atoms with E-state index in [-0.39, 0.29) is 11.6 Å². The van der Waals surface area contributed by atoms with E-state index >= 15 is 0 Å². The summed E-state index contributed by atoms with van der Waals surface area (Å²) in [7, 11) is 3.10. The van der Waals surface area contributed by atoms with Crippen LogP contribution >= 0.6 is 0 Å². The van der Waals surface area contributed by atoms with Gasteiger partial charge in [0.05, 0.1) is 25.6 Å². The topological polar surface area (TPSA) is 78.3 Å². The highest BCUT2D eigenvalue weighted by molar-refractivity contribution is 6.03. The smallest absolute Gasteiger partial charge is 0.278 e. The molecule has 1 amide bonds. The number of hydrogen-bond acceptors (Lipinski definition) is 5. The molecule has 0 aliphatic rings. The molecule has 0 aliphatic carbocycles. The Balaban J connectivity index is 1.84. The molecule has 0 unspecified atom stereocenters. The number of aromatic nitrogens is 3. The van der Waals surface area contributed by atoms with Crippen molar-refractivity contribution in [3.63, 3.8) is 0 Å². The molecule has 0 saturated heterocycles. The second-order valence-corrected chi connectivity index (χ2v) is 5.79. The predicted octanol–water partition coefficient (Wildman–Crippen LogP) is 3.15. The van der Waals surface area contributed by atoms with Gasteiger partial charge in [-0.2, -0.15) is 0 Å². The molecule has 134 valence electrons. The first-order valence-corrected chi connectivity index (χ1v) is 8.06. The number of hydrogen-bond donors (Lipinski definition) is 1. The molecular weight excluding hydrogens is 332 g/mol. The minimum atomic E-state index is -0.340. The maximum absolute atomic E-state index is 12.6. The van der Waals surface area contributed by atoms with Gasteiger partial charge in [0.1, 0.15) is 0 Å². The number of carbonyl (C=O) groups is 1. The van der Waals surface area contributed by atoms with Gasteiger partial charge in [0.15, 0.2) is 17.2 Å². The molecule has 0 spiro atoms. The molecule has 0 radical (unpaired) electrons. The number of aryl methyl sites for hydroxylation is 1. The molecule has 1 aromatic heterocycles. The molecule has 7 nitrogen and oxygen atoms in total. The van der Waals surface area contributed by atoms with Crippen LogP contribution in [0.1, 0.15) is 21.7 Å². The fraction of sp³-hybridized carbons (Fsp3) is 0.211. The van der Waals surface area contributed by atoms with Crippen molar-refractivity contribution in [2.75, 3.05) is 19.5 Å². The summed E-state index contributed by atoms with van der Waals surface area (Å²) in [5.41, 5.74) is 3.51. The lowest BCUT2D eigenvalue weighted by Crippen LogP contribution is -2.14. The van der Waals surface area contributed by atoms with Crippen LogP contribution in [-0.2, 0) is 0 Å². The van der Waals surface area contributed by atoms with E-state index in [2.05, 4.69) is 15.6 Å². The highest BCUT2D eigenvalue weighted by Crippen LogP contribution is 2.30. The number of anilines is 1. The number of nitrogens with one attached hydrogen (secondary N) is 1. The van der Waals surface area contributed by atoms with E-state index in [9.17, 15) is 4.79 Å². The van der Waals surface area contributed by atoms with Crippen molar-refractivity contribution in [3.05, 3.63) is 59.4 Å². The van der Waals surface area contributed by atoms with Crippen molar-refractivity contribution in [2.24, 2.45) is 0 Å². The summed E-state index contributed by atoms with van der Waals surface area (Å²) in [6.07, 6.45) is 0. The minimum absolute atomic E-state index is 0.264. The summed E-state index contributed by atoms with van der Waals surface area (Å²) in [5, 5.41) is 10.9. The van der Waals surface area contributed by atoms with Gasteiger partial charge in [-0.25, -0.2) is 4.68 Å². The van der Waals surface area contributed by atoms with Gasteiger partial charge in [0, 0.05) is 11.8 Å². The highest BCUT2D eigenvalue weighted by Gasteiger charge is 2.18. The van der Waals surface area contributed by atoms with Crippen molar-refractivity contribution in [3.8, 4) is 17.2 Å². The normalized spacial score (nSPS) is 10.5. The van der Waals surface area contributed by atoms with E-state index in [0.717, 1.165) is 11.3 Å². The average Bonchev–Trinajstić information content (AvgIpc) is 3.03. The Morgan fingerprint density at radius 2 is 1.69 bits per heavy atom. The maximum Gasteiger partial charge on any atom is 0.278 e. The number of carbonyl (C=O) groups excluding carboxylic acids is 1. The molecule has 3 aromatic rings. The Kier molecular flexibility index (Phi) is 4.88. The van der Waals surface area contributed by atoms with Crippen LogP contribution in [0.4, 0.5) is 5.69 Å². The predicted molar refractivity (Wildman–Crippen MR) is 98.3 cm³/mol. The van der Waals surface area contributed by atoms with Gasteiger partial charge >= 0.3 is 0 Å². The van der Waals surface area contributed by atoms with Crippen LogP contribution in [0.5, 0.6) is 11.5 Å². The van der Waals surface area contributed by atoms with Crippen LogP contribution in [-0.4, -0.2) is 35.1 Å². The molecule has 2 aromatic carbocycles. The lowest BCUT2D eigenvalue weighted by Gasteiger charge is -2.10. The molecule has 1 heterocycles. The average molecular weight is 352 g/mol. The first kappa shape index (κ1) is 17.5. The van der Waals surface area contributed by atoms with Gasteiger partial charge in [-0.1, -0.05) is 22.9 Å². The number of rotatable bonds is 5. The Morgan fingerprint density at radius 1 is 1.00 bits per heavy atom. The Labute approximate surface area is 151 Å². The zero-order valence-electron chi connectivity index (χ0n) is 15.1. The summed E-state index contributed by atoms with van der Waals surface area (Å²) in [6, 6.07) is 13.0. The molecule has 0 atom stereocenters. The molecule has 26 heavy (non-hydrogen) atoms. The second-order valence-electron chi connectivity index (χ2n) is 5.79. The number of methoxy groups -OCH3 is 2. The van der Waals surface area contributed by atoms with Crippen molar-refractivity contribution in [1.29, 1.82) is 0 Å². The molecule has 7 heteroatoms. The monoisotopic (exact) mass is 352 g/mol. The standard InChI is InChI=1S/C19H20N4O3/c1-12-5-8-15(9-6-12)23-13(2)18(21-22-23)19(24)20-14-7-10-16(25-3)17(11-14)26-4/h5-11H,1-4H3,(H,20,24). The van der Waals surface area contributed by atoms with Gasteiger partial charge in [0.25, 0.3) is 5.91 Å². The fourth-order valence-electron chi connectivity index (χ4n) is 2.57. The molecule has 0 aliphatic heterocycles. The summed E-state index contributed by atoms with van der Waals surface area (Å²) in [5.74, 6) is 0.783. The number of nitrogens with zero attached hydrogens (tertiary/aromatic N) is 3. The van der Waals surface area contributed by atoms with E-state index < -0.39 is 0 Å². The summed E-state index contributed by atoms with van der Waals surface area (Å²) in [4.78, 5) is 12.6.